The van der Waals surface area contributed by atoms with E-state index in [9.17, 15) is 4.79 Å². The van der Waals surface area contributed by atoms with Gasteiger partial charge >= 0.3 is 0 Å². The van der Waals surface area contributed by atoms with Crippen molar-refractivity contribution in [3.05, 3.63) is 28.2 Å². The monoisotopic (exact) mass is 353 g/mol. The standard InChI is InChI=1S/C15H20BrN3O2/c16-10-3-4-14(17)13(6-10)15(20)18-7-12-8-19-5-1-2-11(19)9-21-12/h3-4,6,11-12H,1-2,5,7-9,17H2,(H,18,20). The number of hydrogen-bond donors (Lipinski definition) is 2. The number of fused-ring (bicyclic) bond motifs is 1. The number of nitrogen functional groups attached to an aromatic ring is 1. The predicted molar refractivity (Wildman–Crippen MR) is 85.2 cm³/mol. The number of amides is 1. The van der Waals surface area contributed by atoms with Crippen LogP contribution in [0.4, 0.5) is 5.69 Å². The van der Waals surface area contributed by atoms with E-state index in [1.54, 1.807) is 12.1 Å². The lowest BCUT2D eigenvalue weighted by molar-refractivity contribution is -0.0461. The van der Waals surface area contributed by atoms with Crippen molar-refractivity contribution < 1.29 is 9.53 Å². The topological polar surface area (TPSA) is 67.6 Å². The van der Waals surface area contributed by atoms with Crippen LogP contribution in [0.15, 0.2) is 22.7 Å². The number of rotatable bonds is 3. The van der Waals surface area contributed by atoms with Gasteiger partial charge in [0.05, 0.1) is 18.3 Å². The number of carbonyl (C=O) groups is 1. The fraction of sp³-hybridized carbons (Fsp3) is 0.533. The summed E-state index contributed by atoms with van der Waals surface area (Å²) in [6.45, 7) is 3.35. The van der Waals surface area contributed by atoms with Gasteiger partial charge in [-0.25, -0.2) is 0 Å². The first-order valence-electron chi connectivity index (χ1n) is 7.32. The number of carbonyl (C=O) groups excluding carboxylic acids is 1. The molecule has 0 aliphatic carbocycles. The summed E-state index contributed by atoms with van der Waals surface area (Å²) in [5.74, 6) is -0.152. The molecule has 2 saturated heterocycles. The fourth-order valence-electron chi connectivity index (χ4n) is 3.04. The molecule has 0 radical (unpaired) electrons. The minimum absolute atomic E-state index is 0.0664. The molecule has 21 heavy (non-hydrogen) atoms. The van der Waals surface area contributed by atoms with Gasteiger partial charge < -0.3 is 15.8 Å². The molecule has 3 N–H and O–H groups in total. The lowest BCUT2D eigenvalue weighted by Gasteiger charge is -2.35. The fourth-order valence-corrected chi connectivity index (χ4v) is 3.40. The average Bonchev–Trinajstić information content (AvgIpc) is 2.94. The van der Waals surface area contributed by atoms with E-state index in [2.05, 4.69) is 26.1 Å². The summed E-state index contributed by atoms with van der Waals surface area (Å²) in [5.41, 5.74) is 6.83. The van der Waals surface area contributed by atoms with Crippen LogP contribution in [0, 0.1) is 0 Å². The molecule has 5 nitrogen and oxygen atoms in total. The van der Waals surface area contributed by atoms with Gasteiger partial charge in [-0.2, -0.15) is 0 Å². The summed E-state index contributed by atoms with van der Waals surface area (Å²) in [4.78, 5) is 14.7. The van der Waals surface area contributed by atoms with Gasteiger partial charge in [0.15, 0.2) is 0 Å². The lowest BCUT2D eigenvalue weighted by Crippen LogP contribution is -2.50. The average molecular weight is 354 g/mol. The molecule has 0 aromatic heterocycles. The third-order valence-electron chi connectivity index (χ3n) is 4.21. The molecule has 0 spiro atoms. The van der Waals surface area contributed by atoms with Crippen molar-refractivity contribution in [3.8, 4) is 0 Å². The van der Waals surface area contributed by atoms with Crippen molar-refractivity contribution in [2.45, 2.75) is 25.0 Å². The molecular weight excluding hydrogens is 334 g/mol. The van der Waals surface area contributed by atoms with Crippen LogP contribution in [0.25, 0.3) is 0 Å². The Labute approximate surface area is 132 Å². The smallest absolute Gasteiger partial charge is 0.253 e. The lowest BCUT2D eigenvalue weighted by atomic mass is 10.1. The van der Waals surface area contributed by atoms with E-state index in [1.165, 1.54) is 12.8 Å². The van der Waals surface area contributed by atoms with Crippen LogP contribution in [0.5, 0.6) is 0 Å². The van der Waals surface area contributed by atoms with Crippen LogP contribution in [0.2, 0.25) is 0 Å². The summed E-state index contributed by atoms with van der Waals surface area (Å²) >= 11 is 3.36. The Kier molecular flexibility index (Phi) is 4.47. The van der Waals surface area contributed by atoms with Gasteiger partial charge in [0.1, 0.15) is 0 Å². The number of halogens is 1. The molecule has 2 atom stereocenters. The van der Waals surface area contributed by atoms with Gasteiger partial charge in [0.25, 0.3) is 5.91 Å². The van der Waals surface area contributed by atoms with Gasteiger partial charge in [-0.3, -0.25) is 9.69 Å². The van der Waals surface area contributed by atoms with E-state index in [0.29, 0.717) is 23.8 Å². The number of benzene rings is 1. The summed E-state index contributed by atoms with van der Waals surface area (Å²) in [6, 6.07) is 5.87. The van der Waals surface area contributed by atoms with Crippen molar-refractivity contribution in [1.29, 1.82) is 0 Å². The van der Waals surface area contributed by atoms with Gasteiger partial charge in [0.2, 0.25) is 0 Å². The highest BCUT2D eigenvalue weighted by Gasteiger charge is 2.32. The molecule has 2 aliphatic heterocycles. The van der Waals surface area contributed by atoms with Crippen LogP contribution in [-0.2, 0) is 4.74 Å². The minimum Gasteiger partial charge on any atom is -0.398 e. The normalized spacial score (nSPS) is 25.6. The largest absolute Gasteiger partial charge is 0.398 e. The zero-order valence-electron chi connectivity index (χ0n) is 11.8. The number of hydrogen-bond acceptors (Lipinski definition) is 4. The van der Waals surface area contributed by atoms with Crippen molar-refractivity contribution in [3.63, 3.8) is 0 Å². The van der Waals surface area contributed by atoms with Crippen LogP contribution < -0.4 is 11.1 Å². The number of morpholine rings is 1. The molecule has 2 aliphatic rings. The zero-order valence-corrected chi connectivity index (χ0v) is 13.4. The van der Waals surface area contributed by atoms with Crippen LogP contribution in [-0.4, -0.2) is 49.2 Å². The summed E-state index contributed by atoms with van der Waals surface area (Å²) in [5, 5.41) is 2.93. The Morgan fingerprint density at radius 3 is 3.24 bits per heavy atom. The predicted octanol–water partition coefficient (Wildman–Crippen LogP) is 1.62. The maximum Gasteiger partial charge on any atom is 0.253 e. The molecule has 2 heterocycles. The van der Waals surface area contributed by atoms with Gasteiger partial charge in [-0.05, 0) is 37.6 Å². The van der Waals surface area contributed by atoms with Crippen LogP contribution >= 0.6 is 15.9 Å². The molecule has 6 heteroatoms. The first-order chi connectivity index (χ1) is 10.1. The number of nitrogens with two attached hydrogens (primary N) is 1. The second kappa shape index (κ2) is 6.34. The van der Waals surface area contributed by atoms with E-state index >= 15 is 0 Å². The molecule has 3 rings (SSSR count). The summed E-state index contributed by atoms with van der Waals surface area (Å²) in [6.07, 6.45) is 2.55. The molecule has 114 valence electrons. The van der Waals surface area contributed by atoms with E-state index < -0.39 is 0 Å². The van der Waals surface area contributed by atoms with Gasteiger partial charge in [-0.1, -0.05) is 15.9 Å². The Morgan fingerprint density at radius 1 is 1.52 bits per heavy atom. The Bertz CT molecular complexity index is 538. The van der Waals surface area contributed by atoms with Crippen molar-refractivity contribution in [1.82, 2.24) is 10.2 Å². The Balaban J connectivity index is 1.55. The molecule has 2 fully saturated rings. The molecule has 0 bridgehead atoms. The highest BCUT2D eigenvalue weighted by atomic mass is 79.9. The first-order valence-corrected chi connectivity index (χ1v) is 8.11. The molecule has 1 amide bonds. The second-order valence-corrected chi connectivity index (χ2v) is 6.60. The van der Waals surface area contributed by atoms with Crippen molar-refractivity contribution in [2.24, 2.45) is 0 Å². The number of nitrogens with one attached hydrogen (secondary N) is 1. The van der Waals surface area contributed by atoms with Crippen LogP contribution in [0.1, 0.15) is 23.2 Å². The molecule has 1 aromatic carbocycles. The second-order valence-electron chi connectivity index (χ2n) is 5.69. The SMILES string of the molecule is Nc1ccc(Br)cc1C(=O)NCC1CN2CCCC2CO1. The number of ether oxygens (including phenoxy) is 1. The maximum absolute atomic E-state index is 12.2. The third-order valence-corrected chi connectivity index (χ3v) is 4.71. The van der Waals surface area contributed by atoms with E-state index in [0.717, 1.165) is 24.2 Å². The maximum atomic E-state index is 12.2. The molecular formula is C15H20BrN3O2. The minimum atomic E-state index is -0.152. The highest BCUT2D eigenvalue weighted by Crippen LogP contribution is 2.22. The Morgan fingerprint density at radius 2 is 2.38 bits per heavy atom. The Hall–Kier alpha value is -1.11. The van der Waals surface area contributed by atoms with E-state index in [-0.39, 0.29) is 12.0 Å². The number of nitrogens with zero attached hydrogens (tertiary/aromatic N) is 1. The van der Waals surface area contributed by atoms with Gasteiger partial charge in [0, 0.05) is 29.3 Å². The molecule has 2 unspecified atom stereocenters. The quantitative estimate of drug-likeness (QED) is 0.810. The highest BCUT2D eigenvalue weighted by molar-refractivity contribution is 9.10. The summed E-state index contributed by atoms with van der Waals surface area (Å²) in [7, 11) is 0. The van der Waals surface area contributed by atoms with E-state index in [4.69, 9.17) is 10.5 Å². The van der Waals surface area contributed by atoms with E-state index in [1.807, 2.05) is 6.07 Å². The third kappa shape index (κ3) is 3.39. The first kappa shape index (κ1) is 14.8. The van der Waals surface area contributed by atoms with Crippen molar-refractivity contribution >= 4 is 27.5 Å². The van der Waals surface area contributed by atoms with Gasteiger partial charge in [-0.15, -0.1) is 0 Å². The van der Waals surface area contributed by atoms with Crippen molar-refractivity contribution in [2.75, 3.05) is 32.0 Å². The van der Waals surface area contributed by atoms with Crippen LogP contribution in [0.3, 0.4) is 0 Å². The summed E-state index contributed by atoms with van der Waals surface area (Å²) < 4.78 is 6.68. The molecule has 1 aromatic rings. The molecule has 0 saturated carbocycles. The zero-order chi connectivity index (χ0) is 14.8. The number of anilines is 1.